The molecule has 2 aromatic carbocycles. The first-order valence-electron chi connectivity index (χ1n) is 6.27. The van der Waals surface area contributed by atoms with Gasteiger partial charge < -0.3 is 10.1 Å². The minimum absolute atomic E-state index is 0.661. The Labute approximate surface area is 117 Å². The number of para-hydroxylation sites is 2. The highest BCUT2D eigenvalue weighted by atomic mass is 32.2. The molecule has 0 unspecified atom stereocenters. The van der Waals surface area contributed by atoms with Crippen molar-refractivity contribution in [1.29, 1.82) is 0 Å². The molecule has 0 spiro atoms. The molecule has 1 aliphatic rings. The molecule has 0 aromatic heterocycles. The molecular weight excluding hydrogens is 254 g/mol. The van der Waals surface area contributed by atoms with Crippen LogP contribution in [0.15, 0.2) is 65.1 Å². The summed E-state index contributed by atoms with van der Waals surface area (Å²) >= 11 is 1.81. The van der Waals surface area contributed by atoms with Gasteiger partial charge in [-0.3, -0.25) is 0 Å². The third-order valence-corrected chi connectivity index (χ3v) is 4.22. The van der Waals surface area contributed by atoms with Crippen molar-refractivity contribution in [3.63, 3.8) is 0 Å². The molecule has 2 aromatic rings. The lowest BCUT2D eigenvalue weighted by molar-refractivity contribution is 0.255. The second-order valence-corrected chi connectivity index (χ2v) is 5.38. The van der Waals surface area contributed by atoms with Crippen LogP contribution in [-0.2, 0) is 11.2 Å². The van der Waals surface area contributed by atoms with Crippen LogP contribution in [0.5, 0.6) is 0 Å². The molecule has 0 fully saturated rings. The summed E-state index contributed by atoms with van der Waals surface area (Å²) in [4.78, 5) is 2.55. The standard InChI is InChI=1S/C16H15NOS/c1-2-18-11-10-12-6-5-9-15-16(12)17-13-7-3-4-8-14(13)19-15/h2-9,17H,1,10-11H2. The van der Waals surface area contributed by atoms with Gasteiger partial charge in [0.25, 0.3) is 0 Å². The van der Waals surface area contributed by atoms with Crippen molar-refractivity contribution in [1.82, 2.24) is 0 Å². The van der Waals surface area contributed by atoms with Crippen molar-refractivity contribution in [3.05, 3.63) is 60.9 Å². The fourth-order valence-electron chi connectivity index (χ4n) is 2.18. The number of rotatable bonds is 4. The second-order valence-electron chi connectivity index (χ2n) is 4.30. The van der Waals surface area contributed by atoms with E-state index in [9.17, 15) is 0 Å². The Hall–Kier alpha value is -1.87. The van der Waals surface area contributed by atoms with Crippen molar-refractivity contribution in [2.45, 2.75) is 16.2 Å². The summed E-state index contributed by atoms with van der Waals surface area (Å²) in [6.07, 6.45) is 2.37. The predicted molar refractivity (Wildman–Crippen MR) is 80.1 cm³/mol. The summed E-state index contributed by atoms with van der Waals surface area (Å²) in [6.45, 7) is 4.23. The third-order valence-electron chi connectivity index (χ3n) is 3.09. The molecule has 0 aliphatic carbocycles. The normalized spacial score (nSPS) is 12.0. The molecule has 0 radical (unpaired) electrons. The number of anilines is 2. The van der Waals surface area contributed by atoms with Crippen LogP contribution in [0, 0.1) is 0 Å². The van der Waals surface area contributed by atoms with E-state index in [-0.39, 0.29) is 0 Å². The van der Waals surface area contributed by atoms with E-state index in [1.807, 2.05) is 11.8 Å². The van der Waals surface area contributed by atoms with Crippen LogP contribution in [0.3, 0.4) is 0 Å². The quantitative estimate of drug-likeness (QED) is 0.552. The zero-order valence-corrected chi connectivity index (χ0v) is 11.4. The number of fused-ring (bicyclic) bond motifs is 2. The summed E-state index contributed by atoms with van der Waals surface area (Å²) < 4.78 is 5.23. The number of benzene rings is 2. The maximum Gasteiger partial charge on any atom is 0.0914 e. The van der Waals surface area contributed by atoms with Gasteiger partial charge in [0, 0.05) is 16.2 Å². The van der Waals surface area contributed by atoms with E-state index in [1.165, 1.54) is 33.0 Å². The van der Waals surface area contributed by atoms with E-state index in [0.29, 0.717) is 6.61 Å². The Morgan fingerprint density at radius 3 is 2.84 bits per heavy atom. The van der Waals surface area contributed by atoms with Gasteiger partial charge >= 0.3 is 0 Å². The molecular formula is C16H15NOS. The van der Waals surface area contributed by atoms with Crippen LogP contribution in [-0.4, -0.2) is 6.61 Å². The Kier molecular flexibility index (Phi) is 3.47. The minimum Gasteiger partial charge on any atom is -0.501 e. The predicted octanol–water partition coefficient (Wildman–Crippen LogP) is 4.60. The molecule has 0 saturated carbocycles. The Bertz CT molecular complexity index is 609. The number of ether oxygens (including phenoxy) is 1. The van der Waals surface area contributed by atoms with Crippen molar-refractivity contribution in [2.75, 3.05) is 11.9 Å². The van der Waals surface area contributed by atoms with E-state index in [4.69, 9.17) is 4.74 Å². The lowest BCUT2D eigenvalue weighted by Crippen LogP contribution is -2.05. The van der Waals surface area contributed by atoms with Gasteiger partial charge in [-0.2, -0.15) is 0 Å². The highest BCUT2D eigenvalue weighted by molar-refractivity contribution is 7.99. The van der Waals surface area contributed by atoms with Gasteiger partial charge in [0.1, 0.15) is 0 Å². The van der Waals surface area contributed by atoms with Crippen LogP contribution in [0.2, 0.25) is 0 Å². The molecule has 3 rings (SSSR count). The first-order valence-corrected chi connectivity index (χ1v) is 7.08. The average Bonchev–Trinajstić information content (AvgIpc) is 2.46. The summed E-state index contributed by atoms with van der Waals surface area (Å²) in [6, 6.07) is 14.8. The van der Waals surface area contributed by atoms with Crippen LogP contribution >= 0.6 is 11.8 Å². The highest BCUT2D eigenvalue weighted by Gasteiger charge is 2.17. The third kappa shape index (κ3) is 2.47. The van der Waals surface area contributed by atoms with E-state index >= 15 is 0 Å². The van der Waals surface area contributed by atoms with Gasteiger partial charge in [0.2, 0.25) is 0 Å². The second kappa shape index (κ2) is 5.41. The molecule has 0 amide bonds. The van der Waals surface area contributed by atoms with Gasteiger partial charge in [-0.25, -0.2) is 0 Å². The number of hydrogen-bond acceptors (Lipinski definition) is 3. The summed E-state index contributed by atoms with van der Waals surface area (Å²) in [5, 5.41) is 3.53. The van der Waals surface area contributed by atoms with Gasteiger partial charge in [-0.05, 0) is 23.8 Å². The highest BCUT2D eigenvalue weighted by Crippen LogP contribution is 2.45. The largest absolute Gasteiger partial charge is 0.501 e. The maximum atomic E-state index is 5.23. The van der Waals surface area contributed by atoms with Crippen molar-refractivity contribution < 1.29 is 4.74 Å². The van der Waals surface area contributed by atoms with Crippen molar-refractivity contribution in [3.8, 4) is 0 Å². The first-order chi connectivity index (χ1) is 9.38. The van der Waals surface area contributed by atoms with Crippen molar-refractivity contribution >= 4 is 23.1 Å². The smallest absolute Gasteiger partial charge is 0.0914 e. The first kappa shape index (κ1) is 12.2. The fourth-order valence-corrected chi connectivity index (χ4v) is 3.22. The maximum absolute atomic E-state index is 5.23. The lowest BCUT2D eigenvalue weighted by Gasteiger charge is -2.23. The molecule has 1 heterocycles. The van der Waals surface area contributed by atoms with Gasteiger partial charge in [0.05, 0.1) is 24.2 Å². The van der Waals surface area contributed by atoms with E-state index in [2.05, 4.69) is 54.4 Å². The molecule has 0 atom stereocenters. The molecule has 1 aliphatic heterocycles. The molecule has 19 heavy (non-hydrogen) atoms. The zero-order valence-electron chi connectivity index (χ0n) is 10.6. The van der Waals surface area contributed by atoms with Gasteiger partial charge in [-0.15, -0.1) is 0 Å². The number of hydrogen-bond donors (Lipinski definition) is 1. The van der Waals surface area contributed by atoms with Gasteiger partial charge in [-0.1, -0.05) is 42.6 Å². The number of nitrogens with one attached hydrogen (secondary N) is 1. The summed E-state index contributed by atoms with van der Waals surface area (Å²) in [5.41, 5.74) is 3.66. The molecule has 0 saturated heterocycles. The van der Waals surface area contributed by atoms with Crippen molar-refractivity contribution in [2.24, 2.45) is 0 Å². The summed E-state index contributed by atoms with van der Waals surface area (Å²) in [7, 11) is 0. The molecule has 3 heteroatoms. The van der Waals surface area contributed by atoms with Crippen LogP contribution in [0.4, 0.5) is 11.4 Å². The van der Waals surface area contributed by atoms with E-state index in [0.717, 1.165) is 6.42 Å². The molecule has 2 nitrogen and oxygen atoms in total. The molecule has 0 bridgehead atoms. The Morgan fingerprint density at radius 1 is 1.11 bits per heavy atom. The van der Waals surface area contributed by atoms with Crippen LogP contribution in [0.1, 0.15) is 5.56 Å². The van der Waals surface area contributed by atoms with E-state index in [1.54, 1.807) is 0 Å². The minimum atomic E-state index is 0.661. The average molecular weight is 269 g/mol. The zero-order chi connectivity index (χ0) is 13.1. The molecule has 1 N–H and O–H groups in total. The van der Waals surface area contributed by atoms with Crippen LogP contribution < -0.4 is 5.32 Å². The SMILES string of the molecule is C=COCCc1cccc2c1Nc1ccccc1S2. The topological polar surface area (TPSA) is 21.3 Å². The van der Waals surface area contributed by atoms with Crippen LogP contribution in [0.25, 0.3) is 0 Å². The van der Waals surface area contributed by atoms with Gasteiger partial charge in [0.15, 0.2) is 0 Å². The molecule has 96 valence electrons. The Morgan fingerprint density at radius 2 is 1.95 bits per heavy atom. The Balaban J connectivity index is 1.90. The monoisotopic (exact) mass is 269 g/mol. The van der Waals surface area contributed by atoms with E-state index < -0.39 is 0 Å². The summed E-state index contributed by atoms with van der Waals surface area (Å²) in [5.74, 6) is 0. The fraction of sp³-hybridized carbons (Fsp3) is 0.125. The lowest BCUT2D eigenvalue weighted by atomic mass is 10.1.